The largest absolute Gasteiger partial charge is 0.465 e. The van der Waals surface area contributed by atoms with Gasteiger partial charge in [-0.3, -0.25) is 0 Å². The maximum Gasteiger partial charge on any atom is 0.339 e. The summed E-state index contributed by atoms with van der Waals surface area (Å²) in [5, 5.41) is 0. The highest BCUT2D eigenvalue weighted by molar-refractivity contribution is 9.10. The topological polar surface area (TPSA) is 52.3 Å². The number of carbonyl (C=O) groups is 1. The van der Waals surface area contributed by atoms with Gasteiger partial charge in [0.2, 0.25) is 0 Å². The van der Waals surface area contributed by atoms with Crippen LogP contribution in [0.2, 0.25) is 0 Å². The van der Waals surface area contributed by atoms with Crippen LogP contribution in [0.1, 0.15) is 10.4 Å². The van der Waals surface area contributed by atoms with Gasteiger partial charge >= 0.3 is 5.97 Å². The zero-order chi connectivity index (χ0) is 9.14. The summed E-state index contributed by atoms with van der Waals surface area (Å²) in [6, 6.07) is 5.04. The molecule has 0 bridgehead atoms. The zero-order valence-corrected chi connectivity index (χ0v) is 10.2. The molecule has 5 heteroatoms. The minimum atomic E-state index is -0.422. The Morgan fingerprint density at radius 3 is 2.69 bits per heavy atom. The van der Waals surface area contributed by atoms with Crippen LogP contribution in [-0.2, 0) is 4.74 Å². The van der Waals surface area contributed by atoms with Crippen molar-refractivity contribution in [3.63, 3.8) is 0 Å². The lowest BCUT2D eigenvalue weighted by atomic mass is 10.2. The van der Waals surface area contributed by atoms with E-state index in [4.69, 9.17) is 5.73 Å². The van der Waals surface area contributed by atoms with Gasteiger partial charge in [-0.15, -0.1) is 17.0 Å². The molecule has 0 spiro atoms. The summed E-state index contributed by atoms with van der Waals surface area (Å²) in [5.74, 6) is -0.422. The normalized spacial score (nSPS) is 8.77. The van der Waals surface area contributed by atoms with E-state index in [9.17, 15) is 4.79 Å². The molecule has 0 unspecified atom stereocenters. The smallest absolute Gasteiger partial charge is 0.339 e. The molecular formula is C8H9Br2NO2. The number of methoxy groups -OCH3 is 1. The molecule has 0 atom stereocenters. The van der Waals surface area contributed by atoms with Gasteiger partial charge < -0.3 is 10.5 Å². The number of rotatable bonds is 1. The molecule has 2 N–H and O–H groups in total. The Labute approximate surface area is 95.2 Å². The average Bonchev–Trinajstić information content (AvgIpc) is 2.08. The third kappa shape index (κ3) is 3.00. The standard InChI is InChI=1S/C8H8BrNO2.BrH/c1-12-8(11)6-4-5(9)2-3-7(6)10;/h2-4H,10H2,1H3;1H. The van der Waals surface area contributed by atoms with Gasteiger partial charge in [-0.1, -0.05) is 15.9 Å². The van der Waals surface area contributed by atoms with E-state index in [0.717, 1.165) is 4.47 Å². The van der Waals surface area contributed by atoms with Crippen molar-refractivity contribution in [2.24, 2.45) is 0 Å². The number of halogens is 2. The van der Waals surface area contributed by atoms with E-state index >= 15 is 0 Å². The molecule has 0 amide bonds. The lowest BCUT2D eigenvalue weighted by molar-refractivity contribution is 0.0602. The zero-order valence-electron chi connectivity index (χ0n) is 6.91. The Morgan fingerprint density at radius 2 is 2.15 bits per heavy atom. The summed E-state index contributed by atoms with van der Waals surface area (Å²) < 4.78 is 5.34. The van der Waals surface area contributed by atoms with Crippen LogP contribution in [0.25, 0.3) is 0 Å². The van der Waals surface area contributed by atoms with E-state index in [0.29, 0.717) is 11.3 Å². The van der Waals surface area contributed by atoms with Crippen molar-refractivity contribution in [2.75, 3.05) is 12.8 Å². The second-order valence-corrected chi connectivity index (χ2v) is 3.14. The van der Waals surface area contributed by atoms with E-state index < -0.39 is 5.97 Å². The number of nitrogens with two attached hydrogens (primary N) is 1. The molecule has 0 aliphatic rings. The van der Waals surface area contributed by atoms with Gasteiger partial charge in [0.05, 0.1) is 12.7 Å². The molecule has 0 saturated heterocycles. The van der Waals surface area contributed by atoms with E-state index in [1.54, 1.807) is 18.2 Å². The van der Waals surface area contributed by atoms with Gasteiger partial charge in [0.15, 0.2) is 0 Å². The number of nitrogen functional groups attached to an aromatic ring is 1. The summed E-state index contributed by atoms with van der Waals surface area (Å²) in [5.41, 5.74) is 6.35. The maximum atomic E-state index is 11.1. The number of ether oxygens (including phenoxy) is 1. The summed E-state index contributed by atoms with van der Waals surface area (Å²) in [4.78, 5) is 11.1. The molecule has 13 heavy (non-hydrogen) atoms. The van der Waals surface area contributed by atoms with Crippen LogP contribution in [0, 0.1) is 0 Å². The highest BCUT2D eigenvalue weighted by Gasteiger charge is 2.09. The van der Waals surface area contributed by atoms with Crippen LogP contribution in [0.3, 0.4) is 0 Å². The van der Waals surface area contributed by atoms with E-state index in [1.165, 1.54) is 7.11 Å². The minimum Gasteiger partial charge on any atom is -0.465 e. The molecule has 0 radical (unpaired) electrons. The van der Waals surface area contributed by atoms with Crippen molar-refractivity contribution in [1.29, 1.82) is 0 Å². The highest BCUT2D eigenvalue weighted by atomic mass is 79.9. The van der Waals surface area contributed by atoms with Crippen LogP contribution in [0.4, 0.5) is 5.69 Å². The van der Waals surface area contributed by atoms with Gasteiger partial charge in [0, 0.05) is 10.2 Å². The SMILES string of the molecule is Br.COC(=O)c1cc(Br)ccc1N. The van der Waals surface area contributed by atoms with Crippen LogP contribution in [0.15, 0.2) is 22.7 Å². The molecular weight excluding hydrogens is 302 g/mol. The van der Waals surface area contributed by atoms with Crippen molar-refractivity contribution in [3.05, 3.63) is 28.2 Å². The van der Waals surface area contributed by atoms with Crippen molar-refractivity contribution in [3.8, 4) is 0 Å². The number of hydrogen-bond acceptors (Lipinski definition) is 3. The lowest BCUT2D eigenvalue weighted by Gasteiger charge is -2.02. The first-order valence-electron chi connectivity index (χ1n) is 3.28. The van der Waals surface area contributed by atoms with Crippen molar-refractivity contribution >= 4 is 44.6 Å². The molecule has 0 fully saturated rings. The number of esters is 1. The number of anilines is 1. The Balaban J connectivity index is 0.00000144. The monoisotopic (exact) mass is 309 g/mol. The summed E-state index contributed by atoms with van der Waals surface area (Å²) in [6.45, 7) is 0. The molecule has 1 aromatic carbocycles. The summed E-state index contributed by atoms with van der Waals surface area (Å²) in [7, 11) is 1.32. The molecule has 0 saturated carbocycles. The van der Waals surface area contributed by atoms with Gasteiger partial charge in [-0.25, -0.2) is 4.79 Å². The first-order chi connectivity index (χ1) is 5.65. The predicted octanol–water partition coefficient (Wildman–Crippen LogP) is 2.40. The fraction of sp³-hybridized carbons (Fsp3) is 0.125. The first kappa shape index (κ1) is 12.4. The third-order valence-electron chi connectivity index (χ3n) is 1.42. The fourth-order valence-corrected chi connectivity index (χ4v) is 1.18. The lowest BCUT2D eigenvalue weighted by Crippen LogP contribution is -2.05. The molecule has 0 aliphatic carbocycles. The molecule has 0 heterocycles. The Morgan fingerprint density at radius 1 is 1.54 bits per heavy atom. The van der Waals surface area contributed by atoms with E-state index in [-0.39, 0.29) is 17.0 Å². The minimum absolute atomic E-state index is 0. The van der Waals surface area contributed by atoms with Crippen molar-refractivity contribution in [1.82, 2.24) is 0 Å². The number of hydrogen-bond donors (Lipinski definition) is 1. The Kier molecular flexibility index (Phi) is 5.02. The number of carbonyl (C=O) groups excluding carboxylic acids is 1. The van der Waals surface area contributed by atoms with Crippen molar-refractivity contribution < 1.29 is 9.53 Å². The molecule has 3 nitrogen and oxygen atoms in total. The molecule has 1 rings (SSSR count). The van der Waals surface area contributed by atoms with Crippen LogP contribution < -0.4 is 5.73 Å². The highest BCUT2D eigenvalue weighted by Crippen LogP contribution is 2.18. The second kappa shape index (κ2) is 5.24. The third-order valence-corrected chi connectivity index (χ3v) is 1.91. The number of benzene rings is 1. The molecule has 1 aromatic rings. The molecule has 0 aromatic heterocycles. The molecule has 72 valence electrons. The van der Waals surface area contributed by atoms with Gasteiger partial charge in [-0.05, 0) is 18.2 Å². The maximum absolute atomic E-state index is 11.1. The quantitative estimate of drug-likeness (QED) is 0.640. The van der Waals surface area contributed by atoms with Crippen LogP contribution in [0.5, 0.6) is 0 Å². The first-order valence-corrected chi connectivity index (χ1v) is 4.08. The van der Waals surface area contributed by atoms with E-state index in [1.807, 2.05) is 0 Å². The Hall–Kier alpha value is -0.550. The average molecular weight is 311 g/mol. The fourth-order valence-electron chi connectivity index (χ4n) is 0.815. The van der Waals surface area contributed by atoms with Crippen LogP contribution >= 0.6 is 32.9 Å². The summed E-state index contributed by atoms with van der Waals surface area (Å²) >= 11 is 3.23. The summed E-state index contributed by atoms with van der Waals surface area (Å²) in [6.07, 6.45) is 0. The van der Waals surface area contributed by atoms with Crippen LogP contribution in [-0.4, -0.2) is 13.1 Å². The molecule has 0 aliphatic heterocycles. The Bertz CT molecular complexity index is 315. The second-order valence-electron chi connectivity index (χ2n) is 2.22. The van der Waals surface area contributed by atoms with Gasteiger partial charge in [0.1, 0.15) is 0 Å². The predicted molar refractivity (Wildman–Crippen MR) is 60.2 cm³/mol. The van der Waals surface area contributed by atoms with Crippen molar-refractivity contribution in [2.45, 2.75) is 0 Å². The van der Waals surface area contributed by atoms with Gasteiger partial charge in [0.25, 0.3) is 0 Å². The van der Waals surface area contributed by atoms with E-state index in [2.05, 4.69) is 20.7 Å². The van der Waals surface area contributed by atoms with Gasteiger partial charge in [-0.2, -0.15) is 0 Å².